The largest absolute Gasteiger partial charge is 0.481 e. The van der Waals surface area contributed by atoms with Gasteiger partial charge in [-0.05, 0) is 31.6 Å². The summed E-state index contributed by atoms with van der Waals surface area (Å²) in [5, 5.41) is 10.1. The van der Waals surface area contributed by atoms with Gasteiger partial charge in [0.1, 0.15) is 0 Å². The predicted molar refractivity (Wildman–Crippen MR) is 87.4 cm³/mol. The van der Waals surface area contributed by atoms with Crippen molar-refractivity contribution in [3.63, 3.8) is 0 Å². The molecule has 0 atom stereocenters. The minimum atomic E-state index is -0.478. The van der Waals surface area contributed by atoms with Gasteiger partial charge in [-0.3, -0.25) is 4.79 Å². The average molecular weight is 294 g/mol. The summed E-state index contributed by atoms with van der Waals surface area (Å²) in [7, 11) is 0. The van der Waals surface area contributed by atoms with Gasteiger partial charge in [-0.1, -0.05) is 77.0 Å². The van der Waals surface area contributed by atoms with Crippen LogP contribution in [0.25, 0.3) is 0 Å². The highest BCUT2D eigenvalue weighted by Gasteiger charge is 2.44. The lowest BCUT2D eigenvalue weighted by atomic mass is 9.65. The molecule has 2 nitrogen and oxygen atoms in total. The summed E-state index contributed by atoms with van der Waals surface area (Å²) in [6.45, 7) is 0. The van der Waals surface area contributed by atoms with E-state index in [0.29, 0.717) is 5.92 Å². The Morgan fingerprint density at radius 3 is 1.48 bits per heavy atom. The van der Waals surface area contributed by atoms with Crippen LogP contribution in [-0.2, 0) is 4.79 Å². The van der Waals surface area contributed by atoms with Crippen molar-refractivity contribution in [2.45, 2.75) is 103 Å². The third-order valence-electron chi connectivity index (χ3n) is 6.06. The van der Waals surface area contributed by atoms with Gasteiger partial charge in [0.05, 0.1) is 5.41 Å². The molecular formula is C19H34O2. The molecule has 0 heterocycles. The molecule has 2 saturated carbocycles. The van der Waals surface area contributed by atoms with Crippen LogP contribution in [0.1, 0.15) is 103 Å². The minimum Gasteiger partial charge on any atom is -0.481 e. The number of carboxylic acid groups (broad SMARTS) is 1. The Labute approximate surface area is 130 Å². The van der Waals surface area contributed by atoms with Gasteiger partial charge in [0.15, 0.2) is 0 Å². The van der Waals surface area contributed by atoms with Crippen molar-refractivity contribution in [1.29, 1.82) is 0 Å². The van der Waals surface area contributed by atoms with Gasteiger partial charge >= 0.3 is 5.97 Å². The summed E-state index contributed by atoms with van der Waals surface area (Å²) in [5.74, 6) is -0.0418. The van der Waals surface area contributed by atoms with Gasteiger partial charge in [-0.25, -0.2) is 0 Å². The molecule has 2 aliphatic carbocycles. The molecule has 0 aromatic carbocycles. The Morgan fingerprint density at radius 2 is 1.05 bits per heavy atom. The first-order valence-electron chi connectivity index (χ1n) is 9.49. The van der Waals surface area contributed by atoms with Crippen molar-refractivity contribution >= 4 is 5.97 Å². The predicted octanol–water partition coefficient (Wildman–Crippen LogP) is 5.94. The van der Waals surface area contributed by atoms with Crippen LogP contribution in [-0.4, -0.2) is 11.1 Å². The van der Waals surface area contributed by atoms with E-state index in [-0.39, 0.29) is 0 Å². The number of carbonyl (C=O) groups is 1. The fourth-order valence-electron chi connectivity index (χ4n) is 4.70. The zero-order valence-electron chi connectivity index (χ0n) is 13.7. The van der Waals surface area contributed by atoms with E-state index in [9.17, 15) is 9.90 Å². The van der Waals surface area contributed by atoms with Gasteiger partial charge in [0, 0.05) is 0 Å². The average Bonchev–Trinajstić information content (AvgIpc) is 2.69. The first-order chi connectivity index (χ1) is 10.3. The first kappa shape index (κ1) is 16.8. The van der Waals surface area contributed by atoms with Crippen LogP contribution in [0.2, 0.25) is 0 Å². The van der Waals surface area contributed by atoms with Gasteiger partial charge in [0.2, 0.25) is 0 Å². The van der Waals surface area contributed by atoms with E-state index in [1.54, 1.807) is 0 Å². The summed E-state index contributed by atoms with van der Waals surface area (Å²) in [4.78, 5) is 12.2. The summed E-state index contributed by atoms with van der Waals surface area (Å²) in [6, 6.07) is 0. The van der Waals surface area contributed by atoms with Crippen LogP contribution in [0.5, 0.6) is 0 Å². The van der Waals surface area contributed by atoms with Crippen molar-refractivity contribution in [2.24, 2.45) is 11.3 Å². The molecule has 0 spiro atoms. The quantitative estimate of drug-likeness (QED) is 0.684. The molecule has 0 aromatic heterocycles. The van der Waals surface area contributed by atoms with Crippen LogP contribution in [0, 0.1) is 11.3 Å². The fraction of sp³-hybridized carbons (Fsp3) is 0.947. The number of carboxylic acids is 1. The summed E-state index contributed by atoms with van der Waals surface area (Å²) in [6.07, 6.45) is 19.4. The van der Waals surface area contributed by atoms with Crippen molar-refractivity contribution in [2.75, 3.05) is 0 Å². The molecule has 0 unspecified atom stereocenters. The number of rotatable bonds is 2. The molecule has 21 heavy (non-hydrogen) atoms. The normalized spacial score (nSPS) is 26.5. The second kappa shape index (κ2) is 8.80. The Hall–Kier alpha value is -0.530. The molecule has 2 heteroatoms. The lowest BCUT2D eigenvalue weighted by Gasteiger charge is -2.38. The van der Waals surface area contributed by atoms with E-state index >= 15 is 0 Å². The molecule has 1 N–H and O–H groups in total. The van der Waals surface area contributed by atoms with E-state index in [1.807, 2.05) is 0 Å². The summed E-state index contributed by atoms with van der Waals surface area (Å²) in [5.41, 5.74) is -0.394. The molecule has 2 fully saturated rings. The summed E-state index contributed by atoms with van der Waals surface area (Å²) >= 11 is 0. The fourth-order valence-corrected chi connectivity index (χ4v) is 4.70. The highest BCUT2D eigenvalue weighted by atomic mass is 16.4. The van der Waals surface area contributed by atoms with Gasteiger partial charge in [0.25, 0.3) is 0 Å². The molecule has 122 valence electrons. The number of aliphatic carboxylic acids is 1. The maximum absolute atomic E-state index is 12.2. The zero-order valence-corrected chi connectivity index (χ0v) is 13.7. The second-order valence-corrected chi connectivity index (χ2v) is 7.48. The van der Waals surface area contributed by atoms with E-state index in [4.69, 9.17) is 0 Å². The molecule has 2 rings (SSSR count). The molecular weight excluding hydrogens is 260 g/mol. The molecule has 0 amide bonds. The third-order valence-corrected chi connectivity index (χ3v) is 6.06. The Balaban J connectivity index is 2.13. The maximum atomic E-state index is 12.2. The summed E-state index contributed by atoms with van der Waals surface area (Å²) < 4.78 is 0. The van der Waals surface area contributed by atoms with Crippen LogP contribution in [0.3, 0.4) is 0 Å². The first-order valence-corrected chi connectivity index (χ1v) is 9.49. The molecule has 0 aliphatic heterocycles. The van der Waals surface area contributed by atoms with Crippen LogP contribution in [0.15, 0.2) is 0 Å². The molecule has 2 aliphatic rings. The zero-order chi connectivity index (χ0) is 15.0. The monoisotopic (exact) mass is 294 g/mol. The number of hydrogen-bond donors (Lipinski definition) is 1. The topological polar surface area (TPSA) is 37.3 Å². The molecule has 0 radical (unpaired) electrons. The van der Waals surface area contributed by atoms with Crippen LogP contribution in [0.4, 0.5) is 0 Å². The van der Waals surface area contributed by atoms with E-state index in [2.05, 4.69) is 0 Å². The van der Waals surface area contributed by atoms with Gasteiger partial charge in [-0.2, -0.15) is 0 Å². The van der Waals surface area contributed by atoms with Crippen molar-refractivity contribution in [3.8, 4) is 0 Å². The standard InChI is InChI=1S/C19H34O2/c20-18(21)19(15-11-7-3-4-8-12-16-19)17-13-9-5-1-2-6-10-14-17/h17H,1-16H2,(H,20,21). The lowest BCUT2D eigenvalue weighted by Crippen LogP contribution is -2.39. The minimum absolute atomic E-state index is 0.394. The van der Waals surface area contributed by atoms with Crippen LogP contribution >= 0.6 is 0 Å². The maximum Gasteiger partial charge on any atom is 0.309 e. The molecule has 0 saturated heterocycles. The third kappa shape index (κ3) is 4.72. The smallest absolute Gasteiger partial charge is 0.309 e. The molecule has 0 bridgehead atoms. The van der Waals surface area contributed by atoms with Gasteiger partial charge < -0.3 is 5.11 Å². The van der Waals surface area contributed by atoms with E-state index in [0.717, 1.165) is 38.5 Å². The van der Waals surface area contributed by atoms with Crippen molar-refractivity contribution < 1.29 is 9.90 Å². The highest BCUT2D eigenvalue weighted by molar-refractivity contribution is 5.75. The Morgan fingerprint density at radius 1 is 0.667 bits per heavy atom. The SMILES string of the molecule is O=C(O)C1(C2CCCCCCCC2)CCCCCCCC1. The van der Waals surface area contributed by atoms with Crippen molar-refractivity contribution in [3.05, 3.63) is 0 Å². The van der Waals surface area contributed by atoms with E-state index in [1.165, 1.54) is 64.2 Å². The highest BCUT2D eigenvalue weighted by Crippen LogP contribution is 2.45. The molecule has 0 aromatic rings. The van der Waals surface area contributed by atoms with Gasteiger partial charge in [-0.15, -0.1) is 0 Å². The lowest BCUT2D eigenvalue weighted by molar-refractivity contribution is -0.155. The van der Waals surface area contributed by atoms with Crippen LogP contribution < -0.4 is 0 Å². The Kier molecular flexibility index (Phi) is 7.06. The Bertz CT molecular complexity index is 291. The second-order valence-electron chi connectivity index (χ2n) is 7.48. The van der Waals surface area contributed by atoms with Crippen molar-refractivity contribution in [1.82, 2.24) is 0 Å². The van der Waals surface area contributed by atoms with E-state index < -0.39 is 11.4 Å². The number of hydrogen-bond acceptors (Lipinski definition) is 1.